The highest BCUT2D eigenvalue weighted by atomic mass is 35.5. The second kappa shape index (κ2) is 6.09. The number of carbonyl (C=O) groups is 1. The van der Waals surface area contributed by atoms with Crippen molar-refractivity contribution in [2.75, 3.05) is 0 Å². The number of rotatable bonds is 4. The standard InChI is InChI=1S/C13H15ClN4O3/c1-6(2)12-17-18-13(21-12)7(3)16-10(19)8-4-9(14)11(20)15-5-8/h4-7H,1-3H3,(H,15,20)(H,16,19). The zero-order valence-electron chi connectivity index (χ0n) is 11.8. The highest BCUT2D eigenvalue weighted by Crippen LogP contribution is 2.17. The molecule has 1 atom stereocenters. The molecular weight excluding hydrogens is 296 g/mol. The maximum absolute atomic E-state index is 12.1. The lowest BCUT2D eigenvalue weighted by molar-refractivity contribution is 0.0933. The quantitative estimate of drug-likeness (QED) is 0.899. The van der Waals surface area contributed by atoms with Crippen molar-refractivity contribution in [1.29, 1.82) is 0 Å². The number of halogens is 1. The van der Waals surface area contributed by atoms with Crippen LogP contribution in [0.15, 0.2) is 21.5 Å². The summed E-state index contributed by atoms with van der Waals surface area (Å²) in [7, 11) is 0. The van der Waals surface area contributed by atoms with E-state index >= 15 is 0 Å². The number of amides is 1. The first kappa shape index (κ1) is 15.2. The third-order valence-electron chi connectivity index (χ3n) is 2.79. The predicted molar refractivity (Wildman–Crippen MR) is 76.3 cm³/mol. The van der Waals surface area contributed by atoms with E-state index in [1.807, 2.05) is 13.8 Å². The van der Waals surface area contributed by atoms with Gasteiger partial charge in [0.1, 0.15) is 11.1 Å². The first-order valence-corrected chi connectivity index (χ1v) is 6.78. The number of nitrogens with zero attached hydrogens (tertiary/aromatic N) is 2. The number of hydrogen-bond donors (Lipinski definition) is 2. The number of nitrogens with one attached hydrogen (secondary N) is 2. The molecule has 0 aromatic carbocycles. The van der Waals surface area contributed by atoms with Gasteiger partial charge in [0.15, 0.2) is 0 Å². The van der Waals surface area contributed by atoms with Crippen LogP contribution in [0.5, 0.6) is 0 Å². The zero-order chi connectivity index (χ0) is 15.6. The van der Waals surface area contributed by atoms with E-state index in [1.54, 1.807) is 6.92 Å². The topological polar surface area (TPSA) is 101 Å². The molecule has 112 valence electrons. The molecule has 0 radical (unpaired) electrons. The molecule has 2 N–H and O–H groups in total. The fourth-order valence-corrected chi connectivity index (χ4v) is 1.76. The minimum Gasteiger partial charge on any atom is -0.423 e. The Morgan fingerprint density at radius 1 is 1.33 bits per heavy atom. The van der Waals surface area contributed by atoms with E-state index < -0.39 is 17.5 Å². The largest absolute Gasteiger partial charge is 0.423 e. The van der Waals surface area contributed by atoms with Crippen LogP contribution in [0.4, 0.5) is 0 Å². The Bertz CT molecular complexity index is 707. The second-order valence-corrected chi connectivity index (χ2v) is 5.30. The van der Waals surface area contributed by atoms with Crippen LogP contribution in [-0.4, -0.2) is 21.1 Å². The Morgan fingerprint density at radius 2 is 2.00 bits per heavy atom. The Hall–Kier alpha value is -2.15. The summed E-state index contributed by atoms with van der Waals surface area (Å²) in [5.41, 5.74) is -0.199. The fraction of sp³-hybridized carbons (Fsp3) is 0.385. The lowest BCUT2D eigenvalue weighted by Gasteiger charge is -2.10. The van der Waals surface area contributed by atoms with E-state index in [9.17, 15) is 9.59 Å². The van der Waals surface area contributed by atoms with Crippen LogP contribution in [0.1, 0.15) is 54.9 Å². The SMILES string of the molecule is CC(C)c1nnc(C(C)NC(=O)c2c[nH]c(=O)c(Cl)c2)o1. The monoisotopic (exact) mass is 310 g/mol. The average molecular weight is 311 g/mol. The van der Waals surface area contributed by atoms with Gasteiger partial charge in [0, 0.05) is 12.1 Å². The van der Waals surface area contributed by atoms with Gasteiger partial charge in [-0.25, -0.2) is 0 Å². The highest BCUT2D eigenvalue weighted by molar-refractivity contribution is 6.30. The van der Waals surface area contributed by atoms with Gasteiger partial charge in [-0.15, -0.1) is 10.2 Å². The number of aromatic amines is 1. The van der Waals surface area contributed by atoms with Crippen LogP contribution in [0.2, 0.25) is 5.02 Å². The van der Waals surface area contributed by atoms with Crippen molar-refractivity contribution >= 4 is 17.5 Å². The first-order valence-electron chi connectivity index (χ1n) is 6.41. The molecule has 2 rings (SSSR count). The summed E-state index contributed by atoms with van der Waals surface area (Å²) in [6, 6.07) is 0.846. The van der Waals surface area contributed by atoms with Gasteiger partial charge in [-0.3, -0.25) is 9.59 Å². The van der Waals surface area contributed by atoms with Gasteiger partial charge in [0.2, 0.25) is 11.8 Å². The van der Waals surface area contributed by atoms with Gasteiger partial charge in [0.05, 0.1) is 5.56 Å². The van der Waals surface area contributed by atoms with Crippen LogP contribution in [-0.2, 0) is 0 Å². The molecule has 0 aliphatic carbocycles. The molecule has 1 amide bonds. The molecule has 2 heterocycles. The van der Waals surface area contributed by atoms with Crippen LogP contribution in [0, 0.1) is 0 Å². The maximum atomic E-state index is 12.1. The van der Waals surface area contributed by atoms with Crippen LogP contribution in [0.25, 0.3) is 0 Å². The number of hydrogen-bond acceptors (Lipinski definition) is 5. The van der Waals surface area contributed by atoms with Crippen molar-refractivity contribution in [3.8, 4) is 0 Å². The summed E-state index contributed by atoms with van der Waals surface area (Å²) >= 11 is 5.69. The van der Waals surface area contributed by atoms with Crippen LogP contribution >= 0.6 is 11.6 Å². The Balaban J connectivity index is 2.10. The molecule has 8 heteroatoms. The van der Waals surface area contributed by atoms with Gasteiger partial charge >= 0.3 is 0 Å². The van der Waals surface area contributed by atoms with Crippen molar-refractivity contribution in [2.45, 2.75) is 32.7 Å². The maximum Gasteiger partial charge on any atom is 0.266 e. The normalized spacial score (nSPS) is 12.4. The van der Waals surface area contributed by atoms with Gasteiger partial charge in [-0.1, -0.05) is 25.4 Å². The van der Waals surface area contributed by atoms with E-state index in [0.717, 1.165) is 0 Å². The first-order chi connectivity index (χ1) is 9.88. The molecule has 0 aliphatic rings. The van der Waals surface area contributed by atoms with Gasteiger partial charge in [-0.2, -0.15) is 0 Å². The Labute approximate surface area is 125 Å². The third-order valence-corrected chi connectivity index (χ3v) is 3.07. The van der Waals surface area contributed by atoms with Crippen molar-refractivity contribution in [1.82, 2.24) is 20.5 Å². The van der Waals surface area contributed by atoms with E-state index in [4.69, 9.17) is 16.0 Å². The van der Waals surface area contributed by atoms with E-state index in [0.29, 0.717) is 11.8 Å². The molecule has 0 saturated heterocycles. The van der Waals surface area contributed by atoms with Crippen LogP contribution in [0.3, 0.4) is 0 Å². The summed E-state index contributed by atoms with van der Waals surface area (Å²) in [4.78, 5) is 25.6. The molecule has 7 nitrogen and oxygen atoms in total. The number of aromatic nitrogens is 3. The fourth-order valence-electron chi connectivity index (χ4n) is 1.58. The number of pyridine rings is 1. The second-order valence-electron chi connectivity index (χ2n) is 4.89. The van der Waals surface area contributed by atoms with Gasteiger partial charge < -0.3 is 14.7 Å². The van der Waals surface area contributed by atoms with Crippen molar-refractivity contribution < 1.29 is 9.21 Å². The Kier molecular flexibility index (Phi) is 4.42. The Morgan fingerprint density at radius 3 is 2.57 bits per heavy atom. The lowest BCUT2D eigenvalue weighted by atomic mass is 10.2. The molecule has 0 aliphatic heterocycles. The lowest BCUT2D eigenvalue weighted by Crippen LogP contribution is -2.27. The summed E-state index contributed by atoms with van der Waals surface area (Å²) < 4.78 is 5.47. The van der Waals surface area contributed by atoms with Crippen molar-refractivity contribution in [2.24, 2.45) is 0 Å². The summed E-state index contributed by atoms with van der Waals surface area (Å²) in [6.07, 6.45) is 1.30. The average Bonchev–Trinajstić information content (AvgIpc) is 2.91. The minimum absolute atomic E-state index is 0.0461. The molecule has 0 spiro atoms. The summed E-state index contributed by atoms with van der Waals surface area (Å²) in [6.45, 7) is 5.59. The molecule has 21 heavy (non-hydrogen) atoms. The minimum atomic E-state index is -0.455. The summed E-state index contributed by atoms with van der Waals surface area (Å²) in [5.74, 6) is 0.554. The van der Waals surface area contributed by atoms with E-state index in [1.165, 1.54) is 12.3 Å². The zero-order valence-corrected chi connectivity index (χ0v) is 12.6. The van der Waals surface area contributed by atoms with Gasteiger partial charge in [0.25, 0.3) is 11.5 Å². The smallest absolute Gasteiger partial charge is 0.266 e. The number of carbonyl (C=O) groups excluding carboxylic acids is 1. The molecule has 0 saturated carbocycles. The third kappa shape index (κ3) is 3.49. The molecule has 1 unspecified atom stereocenters. The molecular formula is C13H15ClN4O3. The van der Waals surface area contributed by atoms with Crippen LogP contribution < -0.4 is 10.9 Å². The molecule has 0 bridgehead atoms. The van der Waals surface area contributed by atoms with E-state index in [2.05, 4.69) is 20.5 Å². The molecule has 2 aromatic rings. The molecule has 2 aromatic heterocycles. The summed E-state index contributed by atoms with van der Waals surface area (Å²) in [5, 5.41) is 10.5. The highest BCUT2D eigenvalue weighted by Gasteiger charge is 2.18. The van der Waals surface area contributed by atoms with Crippen molar-refractivity contribution in [3.05, 3.63) is 45.0 Å². The van der Waals surface area contributed by atoms with Crippen molar-refractivity contribution in [3.63, 3.8) is 0 Å². The predicted octanol–water partition coefficient (Wildman–Crippen LogP) is 2.03. The molecule has 0 fully saturated rings. The van der Waals surface area contributed by atoms with E-state index in [-0.39, 0.29) is 16.5 Å². The number of H-pyrrole nitrogens is 1. The van der Waals surface area contributed by atoms with Gasteiger partial charge in [-0.05, 0) is 13.0 Å².